The highest BCUT2D eigenvalue weighted by molar-refractivity contribution is 5.67. The van der Waals surface area contributed by atoms with Crippen molar-refractivity contribution in [1.82, 2.24) is 5.32 Å². The molecule has 0 aliphatic rings. The summed E-state index contributed by atoms with van der Waals surface area (Å²) in [5, 5.41) is 11.1. The highest BCUT2D eigenvalue weighted by atomic mass is 16.6. The topological polar surface area (TPSA) is 58.6 Å². The SMILES string of the molecule is C=C(CO)CNC(=O)OC(C)(C)C. The smallest absolute Gasteiger partial charge is 0.407 e. The second-order valence-electron chi connectivity index (χ2n) is 3.76. The van der Waals surface area contributed by atoms with Gasteiger partial charge in [0.05, 0.1) is 6.61 Å². The maximum Gasteiger partial charge on any atom is 0.407 e. The number of carbonyl (C=O) groups excluding carboxylic acids is 1. The maximum atomic E-state index is 11.0. The second kappa shape index (κ2) is 4.87. The molecule has 2 N–H and O–H groups in total. The number of ether oxygens (including phenoxy) is 1. The molecule has 4 nitrogen and oxygen atoms in total. The van der Waals surface area contributed by atoms with Crippen LogP contribution in [0.3, 0.4) is 0 Å². The molecule has 4 heteroatoms. The molecule has 0 bridgehead atoms. The van der Waals surface area contributed by atoms with Crippen molar-refractivity contribution in [2.24, 2.45) is 0 Å². The van der Waals surface area contributed by atoms with Crippen LogP contribution in [0.2, 0.25) is 0 Å². The van der Waals surface area contributed by atoms with Crippen molar-refractivity contribution in [3.05, 3.63) is 12.2 Å². The van der Waals surface area contributed by atoms with Gasteiger partial charge in [0.15, 0.2) is 0 Å². The monoisotopic (exact) mass is 187 g/mol. The Kier molecular flexibility index (Phi) is 4.48. The summed E-state index contributed by atoms with van der Waals surface area (Å²) in [5.74, 6) is 0. The summed E-state index contributed by atoms with van der Waals surface area (Å²) < 4.78 is 4.96. The number of nitrogens with one attached hydrogen (secondary N) is 1. The summed E-state index contributed by atoms with van der Waals surface area (Å²) in [6.07, 6.45) is -0.498. The number of aliphatic hydroxyl groups excluding tert-OH is 1. The Morgan fingerprint density at radius 1 is 1.54 bits per heavy atom. The van der Waals surface area contributed by atoms with Gasteiger partial charge in [-0.2, -0.15) is 0 Å². The molecule has 0 aromatic rings. The fourth-order valence-electron chi connectivity index (χ4n) is 0.567. The summed E-state index contributed by atoms with van der Waals surface area (Å²) in [7, 11) is 0. The molecule has 0 aromatic carbocycles. The van der Waals surface area contributed by atoms with Crippen LogP contribution in [-0.4, -0.2) is 30.0 Å². The van der Waals surface area contributed by atoms with Crippen LogP contribution in [0.5, 0.6) is 0 Å². The van der Waals surface area contributed by atoms with Crippen LogP contribution in [0.25, 0.3) is 0 Å². The van der Waals surface area contributed by atoms with Gasteiger partial charge in [0.2, 0.25) is 0 Å². The first-order chi connectivity index (χ1) is 5.85. The van der Waals surface area contributed by atoms with E-state index in [1.165, 1.54) is 0 Å². The lowest BCUT2D eigenvalue weighted by molar-refractivity contribution is 0.0531. The quantitative estimate of drug-likeness (QED) is 0.649. The van der Waals surface area contributed by atoms with E-state index < -0.39 is 11.7 Å². The Balaban J connectivity index is 3.71. The van der Waals surface area contributed by atoms with Gasteiger partial charge in [-0.05, 0) is 26.3 Å². The van der Waals surface area contributed by atoms with Crippen molar-refractivity contribution in [1.29, 1.82) is 0 Å². The summed E-state index contributed by atoms with van der Waals surface area (Å²) >= 11 is 0. The van der Waals surface area contributed by atoms with E-state index in [0.29, 0.717) is 5.57 Å². The summed E-state index contributed by atoms with van der Waals surface area (Å²) in [6.45, 7) is 8.99. The number of alkyl carbamates (subject to hydrolysis) is 1. The molecule has 0 atom stereocenters. The molecule has 1 amide bonds. The highest BCUT2D eigenvalue weighted by Crippen LogP contribution is 2.06. The van der Waals surface area contributed by atoms with Gasteiger partial charge in [0.1, 0.15) is 5.60 Å². The first-order valence-corrected chi connectivity index (χ1v) is 4.09. The molecule has 0 aliphatic heterocycles. The first-order valence-electron chi connectivity index (χ1n) is 4.09. The van der Waals surface area contributed by atoms with Crippen molar-refractivity contribution in [2.45, 2.75) is 26.4 Å². The summed E-state index contributed by atoms with van der Waals surface area (Å²) in [4.78, 5) is 11.0. The Hall–Kier alpha value is -1.03. The van der Waals surface area contributed by atoms with E-state index in [1.807, 2.05) is 0 Å². The van der Waals surface area contributed by atoms with Crippen LogP contribution in [0.15, 0.2) is 12.2 Å². The molecular weight excluding hydrogens is 170 g/mol. The van der Waals surface area contributed by atoms with Crippen LogP contribution >= 0.6 is 0 Å². The molecule has 76 valence electrons. The van der Waals surface area contributed by atoms with Crippen LogP contribution in [-0.2, 0) is 4.74 Å². The number of amides is 1. The van der Waals surface area contributed by atoms with E-state index in [2.05, 4.69) is 11.9 Å². The highest BCUT2D eigenvalue weighted by Gasteiger charge is 2.15. The molecular formula is C9H17NO3. The van der Waals surface area contributed by atoms with Crippen LogP contribution in [0.4, 0.5) is 4.79 Å². The molecule has 0 rings (SSSR count). The largest absolute Gasteiger partial charge is 0.444 e. The zero-order valence-electron chi connectivity index (χ0n) is 8.39. The van der Waals surface area contributed by atoms with Gasteiger partial charge in [-0.15, -0.1) is 0 Å². The molecule has 13 heavy (non-hydrogen) atoms. The Labute approximate surface area is 78.6 Å². The zero-order chi connectivity index (χ0) is 10.5. The first kappa shape index (κ1) is 12.0. The maximum absolute atomic E-state index is 11.0. The molecule has 0 heterocycles. The molecule has 0 saturated heterocycles. The van der Waals surface area contributed by atoms with E-state index in [4.69, 9.17) is 9.84 Å². The fraction of sp³-hybridized carbons (Fsp3) is 0.667. The van der Waals surface area contributed by atoms with Gasteiger partial charge >= 0.3 is 6.09 Å². The number of rotatable bonds is 3. The molecule has 0 spiro atoms. The lowest BCUT2D eigenvalue weighted by Crippen LogP contribution is -2.33. The lowest BCUT2D eigenvalue weighted by Gasteiger charge is -2.19. The van der Waals surface area contributed by atoms with Crippen molar-refractivity contribution in [2.75, 3.05) is 13.2 Å². The van der Waals surface area contributed by atoms with Gasteiger partial charge in [-0.25, -0.2) is 4.79 Å². The molecule has 0 unspecified atom stereocenters. The summed E-state index contributed by atoms with van der Waals surface area (Å²) in [6, 6.07) is 0. The van der Waals surface area contributed by atoms with Gasteiger partial charge in [-0.3, -0.25) is 0 Å². The fourth-order valence-corrected chi connectivity index (χ4v) is 0.567. The van der Waals surface area contributed by atoms with E-state index in [-0.39, 0.29) is 13.2 Å². The van der Waals surface area contributed by atoms with Gasteiger partial charge in [0, 0.05) is 6.54 Å². The van der Waals surface area contributed by atoms with E-state index in [0.717, 1.165) is 0 Å². The number of hydrogen-bond donors (Lipinski definition) is 2. The second-order valence-corrected chi connectivity index (χ2v) is 3.76. The minimum absolute atomic E-state index is 0.129. The Morgan fingerprint density at radius 3 is 2.46 bits per heavy atom. The molecule has 0 radical (unpaired) electrons. The number of aliphatic hydroxyl groups is 1. The van der Waals surface area contributed by atoms with Crippen LogP contribution in [0.1, 0.15) is 20.8 Å². The van der Waals surface area contributed by atoms with Crippen molar-refractivity contribution >= 4 is 6.09 Å². The van der Waals surface area contributed by atoms with Crippen LogP contribution < -0.4 is 5.32 Å². The number of carbonyl (C=O) groups is 1. The van der Waals surface area contributed by atoms with Gasteiger partial charge < -0.3 is 15.2 Å². The predicted octanol–water partition coefficient (Wildman–Crippen LogP) is 1.06. The van der Waals surface area contributed by atoms with Crippen molar-refractivity contribution < 1.29 is 14.6 Å². The normalized spacial score (nSPS) is 10.8. The molecule has 0 aliphatic carbocycles. The van der Waals surface area contributed by atoms with Crippen molar-refractivity contribution in [3.8, 4) is 0 Å². The van der Waals surface area contributed by atoms with Crippen molar-refractivity contribution in [3.63, 3.8) is 0 Å². The molecule has 0 aromatic heterocycles. The van der Waals surface area contributed by atoms with E-state index >= 15 is 0 Å². The zero-order valence-corrected chi connectivity index (χ0v) is 8.39. The average molecular weight is 187 g/mol. The minimum atomic E-state index is -0.498. The average Bonchev–Trinajstić information content (AvgIpc) is 1.97. The Bertz CT molecular complexity index is 194. The minimum Gasteiger partial charge on any atom is -0.444 e. The van der Waals surface area contributed by atoms with E-state index in [1.54, 1.807) is 20.8 Å². The third-order valence-electron chi connectivity index (χ3n) is 1.11. The van der Waals surface area contributed by atoms with Gasteiger partial charge in [-0.1, -0.05) is 6.58 Å². The Morgan fingerprint density at radius 2 is 2.08 bits per heavy atom. The predicted molar refractivity (Wildman–Crippen MR) is 50.5 cm³/mol. The van der Waals surface area contributed by atoms with Gasteiger partial charge in [0.25, 0.3) is 0 Å². The third-order valence-corrected chi connectivity index (χ3v) is 1.11. The molecule has 0 saturated carbocycles. The summed E-state index contributed by atoms with van der Waals surface area (Å²) in [5.41, 5.74) is 0.0517. The van der Waals surface area contributed by atoms with Crippen LogP contribution in [0, 0.1) is 0 Å². The molecule has 0 fully saturated rings. The standard InChI is InChI=1S/C9H17NO3/c1-7(6-11)5-10-8(12)13-9(2,3)4/h11H,1,5-6H2,2-4H3,(H,10,12). The third kappa shape index (κ3) is 7.33. The van der Waals surface area contributed by atoms with E-state index in [9.17, 15) is 4.79 Å². The number of hydrogen-bond acceptors (Lipinski definition) is 3. The lowest BCUT2D eigenvalue weighted by atomic mass is 10.2.